The summed E-state index contributed by atoms with van der Waals surface area (Å²) >= 11 is 0.812. The molecule has 2 heterocycles. The Labute approximate surface area is 142 Å². The van der Waals surface area contributed by atoms with Gasteiger partial charge in [0.15, 0.2) is 0 Å². The van der Waals surface area contributed by atoms with Crippen LogP contribution in [0.15, 0.2) is 12.1 Å². The molecule has 3 nitrogen and oxygen atoms in total. The van der Waals surface area contributed by atoms with Crippen LogP contribution < -0.4 is 0 Å². The van der Waals surface area contributed by atoms with Crippen LogP contribution in [0, 0.1) is 5.92 Å². The molecule has 0 aromatic carbocycles. The van der Waals surface area contributed by atoms with E-state index in [9.17, 15) is 13.2 Å². The molecule has 0 unspecified atom stereocenters. The van der Waals surface area contributed by atoms with Crippen molar-refractivity contribution in [3.63, 3.8) is 0 Å². The van der Waals surface area contributed by atoms with Crippen molar-refractivity contribution < 1.29 is 13.2 Å². The molecule has 0 amide bonds. The van der Waals surface area contributed by atoms with E-state index in [2.05, 4.69) is 14.8 Å². The van der Waals surface area contributed by atoms with Gasteiger partial charge in [0.2, 0.25) is 0 Å². The molecule has 0 bridgehead atoms. The molecular formula is C17H20F3N3S. The van der Waals surface area contributed by atoms with Gasteiger partial charge in [-0.05, 0) is 57.6 Å². The molecule has 130 valence electrons. The highest BCUT2D eigenvalue weighted by Gasteiger charge is 2.40. The van der Waals surface area contributed by atoms with Gasteiger partial charge in [-0.3, -0.25) is 0 Å². The number of nitrogens with zero attached hydrogens (tertiary/aromatic N) is 3. The van der Waals surface area contributed by atoms with Gasteiger partial charge in [-0.15, -0.1) is 21.5 Å². The predicted molar refractivity (Wildman–Crippen MR) is 86.2 cm³/mol. The topological polar surface area (TPSA) is 30.7 Å². The van der Waals surface area contributed by atoms with E-state index in [4.69, 9.17) is 0 Å². The van der Waals surface area contributed by atoms with E-state index in [0.717, 1.165) is 42.2 Å². The van der Waals surface area contributed by atoms with E-state index < -0.39 is 16.5 Å². The molecule has 2 aromatic heterocycles. The van der Waals surface area contributed by atoms with Gasteiger partial charge in [0.05, 0.1) is 5.41 Å². The molecule has 0 saturated heterocycles. The second kappa shape index (κ2) is 5.31. The summed E-state index contributed by atoms with van der Waals surface area (Å²) in [7, 11) is 0. The highest BCUT2D eigenvalue weighted by Crippen LogP contribution is 2.45. The van der Waals surface area contributed by atoms with E-state index in [-0.39, 0.29) is 0 Å². The van der Waals surface area contributed by atoms with E-state index in [1.54, 1.807) is 6.07 Å². The summed E-state index contributed by atoms with van der Waals surface area (Å²) in [5.74, 6) is 2.52. The van der Waals surface area contributed by atoms with Crippen molar-refractivity contribution in [2.45, 2.75) is 63.6 Å². The van der Waals surface area contributed by atoms with Gasteiger partial charge in [0.1, 0.15) is 16.5 Å². The molecule has 2 aromatic rings. The minimum atomic E-state index is -4.29. The first-order valence-corrected chi connectivity index (χ1v) is 9.20. The predicted octanol–water partition coefficient (Wildman–Crippen LogP) is 4.97. The van der Waals surface area contributed by atoms with Gasteiger partial charge in [-0.25, -0.2) is 0 Å². The molecule has 24 heavy (non-hydrogen) atoms. The maximum atomic E-state index is 12.9. The van der Waals surface area contributed by atoms with Crippen LogP contribution >= 0.6 is 11.3 Å². The summed E-state index contributed by atoms with van der Waals surface area (Å²) in [6.07, 6.45) is 1.36. The quantitative estimate of drug-likeness (QED) is 0.758. The molecule has 7 heteroatoms. The normalized spacial score (nSPS) is 19.0. The van der Waals surface area contributed by atoms with Crippen molar-refractivity contribution in [3.8, 4) is 0 Å². The molecular weight excluding hydrogens is 335 g/mol. The van der Waals surface area contributed by atoms with Crippen molar-refractivity contribution in [2.24, 2.45) is 5.92 Å². The number of hydrogen-bond donors (Lipinski definition) is 0. The number of aromatic nitrogens is 3. The molecule has 4 rings (SSSR count). The monoisotopic (exact) mass is 355 g/mol. The Hall–Kier alpha value is -1.37. The molecule has 0 N–H and O–H groups in total. The summed E-state index contributed by atoms with van der Waals surface area (Å²) in [4.78, 5) is 0.128. The lowest BCUT2D eigenvalue weighted by Crippen LogP contribution is -2.24. The van der Waals surface area contributed by atoms with E-state index in [0.29, 0.717) is 16.8 Å². The van der Waals surface area contributed by atoms with Gasteiger partial charge >= 0.3 is 6.18 Å². The fourth-order valence-corrected chi connectivity index (χ4v) is 4.09. The summed E-state index contributed by atoms with van der Waals surface area (Å²) in [6.45, 7) is 3.89. The van der Waals surface area contributed by atoms with Crippen LogP contribution in [0.2, 0.25) is 0 Å². The van der Waals surface area contributed by atoms with Crippen molar-refractivity contribution in [1.29, 1.82) is 0 Å². The second-order valence-corrected chi connectivity index (χ2v) is 8.56. The lowest BCUT2D eigenvalue weighted by Gasteiger charge is -2.24. The average Bonchev–Trinajstić information content (AvgIpc) is 3.39. The van der Waals surface area contributed by atoms with Gasteiger partial charge < -0.3 is 4.57 Å². The smallest absolute Gasteiger partial charge is 0.311 e. The molecule has 0 spiro atoms. The van der Waals surface area contributed by atoms with E-state index in [1.165, 1.54) is 18.9 Å². The first kappa shape index (κ1) is 16.1. The fourth-order valence-electron chi connectivity index (χ4n) is 3.12. The maximum absolute atomic E-state index is 12.9. The molecule has 2 aliphatic carbocycles. The third-order valence-corrected chi connectivity index (χ3v) is 6.36. The Balaban J connectivity index is 1.71. The van der Waals surface area contributed by atoms with E-state index in [1.807, 2.05) is 13.8 Å². The Morgan fingerprint density at radius 2 is 1.75 bits per heavy atom. The highest BCUT2D eigenvalue weighted by molar-refractivity contribution is 7.12. The van der Waals surface area contributed by atoms with Gasteiger partial charge in [0.25, 0.3) is 0 Å². The van der Waals surface area contributed by atoms with Crippen LogP contribution in [0.5, 0.6) is 0 Å². The molecule has 0 aliphatic heterocycles. The van der Waals surface area contributed by atoms with Crippen molar-refractivity contribution >= 4 is 11.3 Å². The highest BCUT2D eigenvalue weighted by atomic mass is 32.1. The largest absolute Gasteiger partial charge is 0.425 e. The number of thiophene rings is 1. The first-order chi connectivity index (χ1) is 11.3. The third kappa shape index (κ3) is 2.87. The zero-order chi connectivity index (χ0) is 17.1. The van der Waals surface area contributed by atoms with Gasteiger partial charge in [0, 0.05) is 17.3 Å². The minimum absolute atomic E-state index is 0.421. The lowest BCUT2D eigenvalue weighted by molar-refractivity contribution is -0.134. The van der Waals surface area contributed by atoms with Crippen LogP contribution in [0.1, 0.15) is 67.0 Å². The second-order valence-electron chi connectivity index (χ2n) is 7.48. The van der Waals surface area contributed by atoms with Crippen LogP contribution in [0.3, 0.4) is 0 Å². The number of alkyl halides is 3. The summed E-state index contributed by atoms with van der Waals surface area (Å²) in [5.41, 5.74) is -0.578. The first-order valence-electron chi connectivity index (χ1n) is 8.38. The van der Waals surface area contributed by atoms with Crippen LogP contribution in [-0.4, -0.2) is 14.8 Å². The zero-order valence-corrected chi connectivity index (χ0v) is 14.5. The van der Waals surface area contributed by atoms with Crippen molar-refractivity contribution in [3.05, 3.63) is 33.5 Å². The fraction of sp³-hybridized carbons (Fsp3) is 0.647. The van der Waals surface area contributed by atoms with Crippen molar-refractivity contribution in [2.75, 3.05) is 0 Å². The summed E-state index contributed by atoms with van der Waals surface area (Å²) in [5, 5.41) is 8.82. The maximum Gasteiger partial charge on any atom is 0.425 e. The molecule has 2 fully saturated rings. The Morgan fingerprint density at radius 3 is 2.29 bits per heavy atom. The molecule has 2 aliphatic rings. The SMILES string of the molecule is CC(C)(c1ccc(C(F)(F)F)s1)c1nnc(CC2CC2)n1C1CC1. The third-order valence-electron chi connectivity index (χ3n) is 4.91. The summed E-state index contributed by atoms with van der Waals surface area (Å²) < 4.78 is 41.0. The zero-order valence-electron chi connectivity index (χ0n) is 13.7. The van der Waals surface area contributed by atoms with Crippen molar-refractivity contribution in [1.82, 2.24) is 14.8 Å². The Morgan fingerprint density at radius 1 is 1.08 bits per heavy atom. The van der Waals surface area contributed by atoms with Crippen LogP contribution in [0.25, 0.3) is 0 Å². The standard InChI is InChI=1S/C17H20F3N3S/c1-16(2,12-7-8-13(24-12)17(18,19)20)15-22-21-14(9-10-3-4-10)23(15)11-5-6-11/h7-8,10-11H,3-6,9H2,1-2H3. The molecule has 2 saturated carbocycles. The summed E-state index contributed by atoms with van der Waals surface area (Å²) in [6, 6.07) is 3.18. The van der Waals surface area contributed by atoms with Gasteiger partial charge in [-0.1, -0.05) is 0 Å². The Kier molecular flexibility index (Phi) is 3.57. The minimum Gasteiger partial charge on any atom is -0.311 e. The van der Waals surface area contributed by atoms with Gasteiger partial charge in [-0.2, -0.15) is 13.2 Å². The Bertz CT molecular complexity index is 751. The number of rotatable bonds is 5. The van der Waals surface area contributed by atoms with Crippen LogP contribution in [-0.2, 0) is 18.0 Å². The van der Waals surface area contributed by atoms with Crippen LogP contribution in [0.4, 0.5) is 13.2 Å². The number of halogens is 3. The lowest BCUT2D eigenvalue weighted by atomic mass is 9.90. The molecule has 0 radical (unpaired) electrons. The van der Waals surface area contributed by atoms with E-state index >= 15 is 0 Å². The average molecular weight is 355 g/mol. The number of hydrogen-bond acceptors (Lipinski definition) is 3. The molecule has 0 atom stereocenters.